The first-order valence-electron chi connectivity index (χ1n) is 6.09. The zero-order chi connectivity index (χ0) is 12.0. The third-order valence-corrected chi connectivity index (χ3v) is 2.89. The summed E-state index contributed by atoms with van der Waals surface area (Å²) in [5.74, 6) is 0.495. The van der Waals surface area contributed by atoms with Crippen molar-refractivity contribution in [2.75, 3.05) is 0 Å². The van der Waals surface area contributed by atoms with Crippen molar-refractivity contribution >= 4 is 0 Å². The SMILES string of the molecule is Cc1ccccc1C(C)C=CCCC(C)N. The van der Waals surface area contributed by atoms with Crippen LogP contribution in [-0.2, 0) is 0 Å². The molecule has 0 aliphatic heterocycles. The van der Waals surface area contributed by atoms with Gasteiger partial charge < -0.3 is 5.73 Å². The normalized spacial score (nSPS) is 15.2. The molecule has 0 aliphatic rings. The van der Waals surface area contributed by atoms with Gasteiger partial charge in [0.2, 0.25) is 0 Å². The number of rotatable bonds is 5. The highest BCUT2D eigenvalue weighted by Crippen LogP contribution is 2.20. The number of allylic oxidation sites excluding steroid dienone is 2. The summed E-state index contributed by atoms with van der Waals surface area (Å²) in [6.45, 7) is 6.46. The Morgan fingerprint density at radius 3 is 2.56 bits per heavy atom. The van der Waals surface area contributed by atoms with Gasteiger partial charge in [0.1, 0.15) is 0 Å². The summed E-state index contributed by atoms with van der Waals surface area (Å²) in [7, 11) is 0. The summed E-state index contributed by atoms with van der Waals surface area (Å²) in [5, 5.41) is 0. The van der Waals surface area contributed by atoms with Crippen LogP contribution in [-0.4, -0.2) is 6.04 Å². The van der Waals surface area contributed by atoms with Crippen LogP contribution in [0.3, 0.4) is 0 Å². The van der Waals surface area contributed by atoms with E-state index in [1.54, 1.807) is 0 Å². The fourth-order valence-corrected chi connectivity index (χ4v) is 1.86. The lowest BCUT2D eigenvalue weighted by Crippen LogP contribution is -2.13. The number of hydrogen-bond donors (Lipinski definition) is 1. The van der Waals surface area contributed by atoms with Crippen molar-refractivity contribution in [1.82, 2.24) is 0 Å². The van der Waals surface area contributed by atoms with Gasteiger partial charge in [-0.25, -0.2) is 0 Å². The minimum atomic E-state index is 0.304. The average Bonchev–Trinajstić information content (AvgIpc) is 2.24. The minimum Gasteiger partial charge on any atom is -0.328 e. The predicted molar refractivity (Wildman–Crippen MR) is 71.6 cm³/mol. The molecule has 2 N–H and O–H groups in total. The fourth-order valence-electron chi connectivity index (χ4n) is 1.86. The molecule has 0 heterocycles. The maximum atomic E-state index is 5.71. The first kappa shape index (κ1) is 13.0. The summed E-state index contributed by atoms with van der Waals surface area (Å²) in [6.07, 6.45) is 6.68. The van der Waals surface area contributed by atoms with E-state index in [9.17, 15) is 0 Å². The second kappa shape index (κ2) is 6.49. The van der Waals surface area contributed by atoms with E-state index in [1.165, 1.54) is 11.1 Å². The minimum absolute atomic E-state index is 0.304. The molecule has 88 valence electrons. The van der Waals surface area contributed by atoms with E-state index in [0.29, 0.717) is 12.0 Å². The van der Waals surface area contributed by atoms with Crippen LogP contribution in [0, 0.1) is 6.92 Å². The first-order chi connectivity index (χ1) is 7.61. The van der Waals surface area contributed by atoms with Gasteiger partial charge in [-0.15, -0.1) is 0 Å². The fraction of sp³-hybridized carbons (Fsp3) is 0.467. The number of aryl methyl sites for hydroxylation is 1. The number of benzene rings is 1. The van der Waals surface area contributed by atoms with E-state index in [1.807, 2.05) is 0 Å². The lowest BCUT2D eigenvalue weighted by atomic mass is 9.96. The molecule has 2 atom stereocenters. The van der Waals surface area contributed by atoms with E-state index in [0.717, 1.165) is 12.8 Å². The molecule has 1 nitrogen and oxygen atoms in total. The molecule has 0 saturated carbocycles. The molecular formula is C15H23N. The van der Waals surface area contributed by atoms with E-state index >= 15 is 0 Å². The maximum absolute atomic E-state index is 5.71. The zero-order valence-electron chi connectivity index (χ0n) is 10.6. The van der Waals surface area contributed by atoms with Crippen LogP contribution in [0.4, 0.5) is 0 Å². The molecular weight excluding hydrogens is 194 g/mol. The third kappa shape index (κ3) is 4.19. The Kier molecular flexibility index (Phi) is 5.27. The predicted octanol–water partition coefficient (Wildman–Crippen LogP) is 3.78. The van der Waals surface area contributed by atoms with Crippen LogP contribution in [0.5, 0.6) is 0 Å². The molecule has 16 heavy (non-hydrogen) atoms. The van der Waals surface area contributed by atoms with Gasteiger partial charge in [0.05, 0.1) is 0 Å². The quantitative estimate of drug-likeness (QED) is 0.746. The monoisotopic (exact) mass is 217 g/mol. The number of nitrogens with two attached hydrogens (primary N) is 1. The Balaban J connectivity index is 2.52. The van der Waals surface area contributed by atoms with Gasteiger partial charge in [0, 0.05) is 6.04 Å². The molecule has 0 bridgehead atoms. The van der Waals surface area contributed by atoms with Crippen molar-refractivity contribution in [2.24, 2.45) is 5.73 Å². The standard InChI is InChI=1S/C15H23N/c1-12(8-4-6-10-14(3)16)15-11-7-5-9-13(15)2/h4-5,7-9,11-12,14H,6,10,16H2,1-3H3. The van der Waals surface area contributed by atoms with Gasteiger partial charge in [-0.05, 0) is 43.7 Å². The van der Waals surface area contributed by atoms with Gasteiger partial charge in [0.25, 0.3) is 0 Å². The van der Waals surface area contributed by atoms with Gasteiger partial charge in [0.15, 0.2) is 0 Å². The first-order valence-corrected chi connectivity index (χ1v) is 6.09. The van der Waals surface area contributed by atoms with Gasteiger partial charge >= 0.3 is 0 Å². The molecule has 2 unspecified atom stereocenters. The molecule has 1 rings (SSSR count). The Hall–Kier alpha value is -1.08. The Labute approximate surface area is 99.4 Å². The molecule has 0 radical (unpaired) electrons. The van der Waals surface area contributed by atoms with E-state index in [-0.39, 0.29) is 0 Å². The van der Waals surface area contributed by atoms with Crippen LogP contribution in [0.25, 0.3) is 0 Å². The molecule has 1 aromatic rings. The highest BCUT2D eigenvalue weighted by molar-refractivity contribution is 5.31. The lowest BCUT2D eigenvalue weighted by Gasteiger charge is -2.10. The molecule has 0 spiro atoms. The van der Waals surface area contributed by atoms with Crippen molar-refractivity contribution in [1.29, 1.82) is 0 Å². The summed E-state index contributed by atoms with van der Waals surface area (Å²) < 4.78 is 0. The summed E-state index contributed by atoms with van der Waals surface area (Å²) in [6, 6.07) is 8.87. The second-order valence-corrected chi connectivity index (χ2v) is 4.63. The lowest BCUT2D eigenvalue weighted by molar-refractivity contribution is 0.674. The molecule has 0 fully saturated rings. The third-order valence-electron chi connectivity index (χ3n) is 2.89. The summed E-state index contributed by atoms with van der Waals surface area (Å²) in [4.78, 5) is 0. The van der Waals surface area contributed by atoms with Crippen LogP contribution < -0.4 is 5.73 Å². The average molecular weight is 217 g/mol. The summed E-state index contributed by atoms with van der Waals surface area (Å²) in [5.41, 5.74) is 8.49. The molecule has 1 heteroatoms. The second-order valence-electron chi connectivity index (χ2n) is 4.63. The van der Waals surface area contributed by atoms with Gasteiger partial charge in [-0.3, -0.25) is 0 Å². The van der Waals surface area contributed by atoms with Crippen LogP contribution in [0.2, 0.25) is 0 Å². The van der Waals surface area contributed by atoms with E-state index < -0.39 is 0 Å². The maximum Gasteiger partial charge on any atom is 0.00134 e. The highest BCUT2D eigenvalue weighted by atomic mass is 14.6. The van der Waals surface area contributed by atoms with Crippen LogP contribution in [0.1, 0.15) is 43.7 Å². The van der Waals surface area contributed by atoms with Crippen molar-refractivity contribution in [3.63, 3.8) is 0 Å². The highest BCUT2D eigenvalue weighted by Gasteiger charge is 2.03. The Bertz CT molecular complexity index is 339. The molecule has 0 aliphatic carbocycles. The van der Waals surface area contributed by atoms with Crippen molar-refractivity contribution in [2.45, 2.75) is 45.6 Å². The van der Waals surface area contributed by atoms with Crippen molar-refractivity contribution < 1.29 is 0 Å². The van der Waals surface area contributed by atoms with Gasteiger partial charge in [-0.2, -0.15) is 0 Å². The Morgan fingerprint density at radius 2 is 1.94 bits per heavy atom. The van der Waals surface area contributed by atoms with Crippen LogP contribution >= 0.6 is 0 Å². The van der Waals surface area contributed by atoms with Crippen LogP contribution in [0.15, 0.2) is 36.4 Å². The topological polar surface area (TPSA) is 26.0 Å². The largest absolute Gasteiger partial charge is 0.328 e. The van der Waals surface area contributed by atoms with Crippen molar-refractivity contribution in [3.8, 4) is 0 Å². The van der Waals surface area contributed by atoms with Crippen molar-refractivity contribution in [3.05, 3.63) is 47.5 Å². The van der Waals surface area contributed by atoms with E-state index in [4.69, 9.17) is 5.73 Å². The molecule has 0 saturated heterocycles. The summed E-state index contributed by atoms with van der Waals surface area (Å²) >= 11 is 0. The molecule has 0 amide bonds. The number of hydrogen-bond acceptors (Lipinski definition) is 1. The molecule has 0 aromatic heterocycles. The zero-order valence-corrected chi connectivity index (χ0v) is 10.6. The van der Waals surface area contributed by atoms with E-state index in [2.05, 4.69) is 57.2 Å². The van der Waals surface area contributed by atoms with Gasteiger partial charge in [-0.1, -0.05) is 43.3 Å². The Morgan fingerprint density at radius 1 is 1.25 bits per heavy atom. The smallest absolute Gasteiger partial charge is 0.00134 e. The molecule has 1 aromatic carbocycles.